The number of carbonyl (C=O) groups is 1. The number of halogens is 1. The number of carbonyl (C=O) groups excluding carboxylic acids is 1. The molecule has 0 bridgehead atoms. The first-order chi connectivity index (χ1) is 11.2. The molecule has 0 atom stereocenters. The van der Waals surface area contributed by atoms with E-state index in [4.69, 9.17) is 4.74 Å². The Kier molecular flexibility index (Phi) is 4.48. The Morgan fingerprint density at radius 2 is 1.61 bits per heavy atom. The molecule has 0 aliphatic rings. The van der Waals surface area contributed by atoms with Crippen LogP contribution >= 0.6 is 0 Å². The van der Waals surface area contributed by atoms with Crippen LogP contribution in [-0.4, -0.2) is 12.6 Å². The quantitative estimate of drug-likeness (QED) is 0.634. The lowest BCUT2D eigenvalue weighted by Gasteiger charge is -2.04. The molecule has 0 N–H and O–H groups in total. The molecule has 0 radical (unpaired) electrons. The second kappa shape index (κ2) is 6.88. The van der Waals surface area contributed by atoms with Gasteiger partial charge in [0.25, 0.3) is 0 Å². The van der Waals surface area contributed by atoms with Crippen LogP contribution in [0.2, 0.25) is 0 Å². The SMILES string of the molecule is O=C(OC/C(F)=C/c1ccc2ccccc2c1)c1ccccc1. The number of fused-ring (bicyclic) bond motifs is 1. The number of hydrogen-bond acceptors (Lipinski definition) is 2. The summed E-state index contributed by atoms with van der Waals surface area (Å²) in [6.45, 7) is -0.374. The second-order valence-electron chi connectivity index (χ2n) is 5.14. The highest BCUT2D eigenvalue weighted by Crippen LogP contribution is 2.18. The highest BCUT2D eigenvalue weighted by Gasteiger charge is 2.07. The molecular formula is C20H15FO2. The third kappa shape index (κ3) is 3.83. The minimum absolute atomic E-state index is 0.374. The summed E-state index contributed by atoms with van der Waals surface area (Å²) in [4.78, 5) is 11.8. The maximum absolute atomic E-state index is 13.9. The lowest BCUT2D eigenvalue weighted by Crippen LogP contribution is -2.06. The van der Waals surface area contributed by atoms with E-state index in [9.17, 15) is 9.18 Å². The molecule has 0 aliphatic carbocycles. The van der Waals surface area contributed by atoms with Gasteiger partial charge in [0.2, 0.25) is 0 Å². The first-order valence-corrected chi connectivity index (χ1v) is 7.29. The van der Waals surface area contributed by atoms with Crippen molar-refractivity contribution in [3.63, 3.8) is 0 Å². The van der Waals surface area contributed by atoms with E-state index >= 15 is 0 Å². The normalized spacial score (nSPS) is 11.4. The van der Waals surface area contributed by atoms with Crippen molar-refractivity contribution in [2.24, 2.45) is 0 Å². The van der Waals surface area contributed by atoms with Crippen molar-refractivity contribution in [2.45, 2.75) is 0 Å². The zero-order chi connectivity index (χ0) is 16.1. The third-order valence-corrected chi connectivity index (χ3v) is 3.45. The van der Waals surface area contributed by atoms with Gasteiger partial charge in [-0.05, 0) is 40.6 Å². The first kappa shape index (κ1) is 15.0. The van der Waals surface area contributed by atoms with Gasteiger partial charge in [0.05, 0.1) is 5.56 Å². The standard InChI is InChI=1S/C20H15FO2/c21-19(14-23-20(22)17-7-2-1-3-8-17)13-15-10-11-16-6-4-5-9-18(16)12-15/h1-13H,14H2/b19-13-. The van der Waals surface area contributed by atoms with E-state index in [1.54, 1.807) is 30.3 Å². The van der Waals surface area contributed by atoms with Gasteiger partial charge in [-0.25, -0.2) is 9.18 Å². The van der Waals surface area contributed by atoms with E-state index in [1.807, 2.05) is 42.5 Å². The van der Waals surface area contributed by atoms with Crippen LogP contribution in [-0.2, 0) is 4.74 Å². The highest BCUT2D eigenvalue weighted by molar-refractivity contribution is 5.89. The predicted octanol–water partition coefficient (Wildman–Crippen LogP) is 5.01. The van der Waals surface area contributed by atoms with E-state index in [0.717, 1.165) is 16.3 Å². The molecule has 0 unspecified atom stereocenters. The van der Waals surface area contributed by atoms with Crippen molar-refractivity contribution in [1.29, 1.82) is 0 Å². The zero-order valence-electron chi connectivity index (χ0n) is 12.4. The molecular weight excluding hydrogens is 291 g/mol. The molecule has 3 aromatic rings. The average Bonchev–Trinajstić information content (AvgIpc) is 2.60. The van der Waals surface area contributed by atoms with Crippen molar-refractivity contribution in [3.8, 4) is 0 Å². The molecule has 114 valence electrons. The summed E-state index contributed by atoms with van der Waals surface area (Å²) < 4.78 is 18.9. The molecule has 0 heterocycles. The van der Waals surface area contributed by atoms with Gasteiger partial charge in [-0.2, -0.15) is 0 Å². The minimum Gasteiger partial charge on any atom is -0.455 e. The molecule has 3 rings (SSSR count). The van der Waals surface area contributed by atoms with Crippen molar-refractivity contribution >= 4 is 22.8 Å². The lowest BCUT2D eigenvalue weighted by molar-refractivity contribution is 0.0522. The van der Waals surface area contributed by atoms with E-state index in [0.29, 0.717) is 5.56 Å². The van der Waals surface area contributed by atoms with Gasteiger partial charge in [-0.15, -0.1) is 0 Å². The number of rotatable bonds is 4. The zero-order valence-corrected chi connectivity index (χ0v) is 12.4. The maximum Gasteiger partial charge on any atom is 0.338 e. The number of ether oxygens (including phenoxy) is 1. The fourth-order valence-corrected chi connectivity index (χ4v) is 2.31. The maximum atomic E-state index is 13.9. The summed E-state index contributed by atoms with van der Waals surface area (Å²) in [5.74, 6) is -1.03. The fourth-order valence-electron chi connectivity index (χ4n) is 2.31. The molecule has 23 heavy (non-hydrogen) atoms. The Labute approximate surface area is 133 Å². The third-order valence-electron chi connectivity index (χ3n) is 3.45. The average molecular weight is 306 g/mol. The van der Waals surface area contributed by atoms with Crippen LogP contribution in [0.3, 0.4) is 0 Å². The van der Waals surface area contributed by atoms with Crippen LogP contribution in [0.25, 0.3) is 16.8 Å². The fraction of sp³-hybridized carbons (Fsp3) is 0.0500. The second-order valence-corrected chi connectivity index (χ2v) is 5.14. The van der Waals surface area contributed by atoms with E-state index in [-0.39, 0.29) is 6.61 Å². The van der Waals surface area contributed by atoms with Crippen molar-refractivity contribution in [2.75, 3.05) is 6.61 Å². The summed E-state index contributed by atoms with van der Waals surface area (Å²) >= 11 is 0. The van der Waals surface area contributed by atoms with Crippen LogP contribution in [0.15, 0.2) is 78.6 Å². The number of hydrogen-bond donors (Lipinski definition) is 0. The van der Waals surface area contributed by atoms with Crippen LogP contribution in [0.5, 0.6) is 0 Å². The number of esters is 1. The minimum atomic E-state index is -0.535. The van der Waals surface area contributed by atoms with Gasteiger partial charge < -0.3 is 4.74 Å². The van der Waals surface area contributed by atoms with Gasteiger partial charge in [0.1, 0.15) is 12.4 Å². The Bertz CT molecular complexity index is 854. The van der Waals surface area contributed by atoms with Gasteiger partial charge in [0.15, 0.2) is 0 Å². The summed E-state index contributed by atoms with van der Waals surface area (Å²) in [7, 11) is 0. The van der Waals surface area contributed by atoms with Crippen LogP contribution in [0.1, 0.15) is 15.9 Å². The van der Waals surface area contributed by atoms with E-state index in [1.165, 1.54) is 6.08 Å². The summed E-state index contributed by atoms with van der Waals surface area (Å²) in [6, 6.07) is 22.1. The molecule has 2 nitrogen and oxygen atoms in total. The van der Waals surface area contributed by atoms with Crippen LogP contribution in [0, 0.1) is 0 Å². The Morgan fingerprint density at radius 1 is 0.913 bits per heavy atom. The monoisotopic (exact) mass is 306 g/mol. The van der Waals surface area contributed by atoms with Gasteiger partial charge >= 0.3 is 5.97 Å². The van der Waals surface area contributed by atoms with Crippen molar-refractivity contribution in [1.82, 2.24) is 0 Å². The molecule has 0 spiro atoms. The molecule has 0 aliphatic heterocycles. The summed E-state index contributed by atoms with van der Waals surface area (Å²) in [6.07, 6.45) is 1.38. The van der Waals surface area contributed by atoms with Crippen LogP contribution < -0.4 is 0 Å². The Morgan fingerprint density at radius 3 is 2.39 bits per heavy atom. The predicted molar refractivity (Wildman–Crippen MR) is 89.8 cm³/mol. The molecule has 0 aromatic heterocycles. The Hall–Kier alpha value is -2.94. The summed E-state index contributed by atoms with van der Waals surface area (Å²) in [5.41, 5.74) is 1.14. The molecule has 0 saturated carbocycles. The molecule has 0 fully saturated rings. The van der Waals surface area contributed by atoms with Gasteiger partial charge in [0, 0.05) is 0 Å². The van der Waals surface area contributed by atoms with E-state index < -0.39 is 11.8 Å². The summed E-state index contributed by atoms with van der Waals surface area (Å²) in [5, 5.41) is 2.14. The van der Waals surface area contributed by atoms with Crippen LogP contribution in [0.4, 0.5) is 4.39 Å². The van der Waals surface area contributed by atoms with Crippen molar-refractivity contribution < 1.29 is 13.9 Å². The molecule has 3 aromatic carbocycles. The topological polar surface area (TPSA) is 26.3 Å². The van der Waals surface area contributed by atoms with Gasteiger partial charge in [-0.3, -0.25) is 0 Å². The van der Waals surface area contributed by atoms with Crippen molar-refractivity contribution in [3.05, 3.63) is 89.8 Å². The smallest absolute Gasteiger partial charge is 0.338 e. The lowest BCUT2D eigenvalue weighted by atomic mass is 10.1. The first-order valence-electron chi connectivity index (χ1n) is 7.29. The molecule has 0 saturated heterocycles. The van der Waals surface area contributed by atoms with Gasteiger partial charge in [-0.1, -0.05) is 54.6 Å². The highest BCUT2D eigenvalue weighted by atomic mass is 19.1. The van der Waals surface area contributed by atoms with E-state index in [2.05, 4.69) is 0 Å². The number of benzene rings is 3. The largest absolute Gasteiger partial charge is 0.455 e. The molecule has 0 amide bonds. The Balaban J connectivity index is 1.68. The molecule has 3 heteroatoms.